The summed E-state index contributed by atoms with van der Waals surface area (Å²) < 4.78 is 20.5. The summed E-state index contributed by atoms with van der Waals surface area (Å²) in [6.45, 7) is 1.09. The van der Waals surface area contributed by atoms with Gasteiger partial charge in [0.1, 0.15) is 18.5 Å². The summed E-state index contributed by atoms with van der Waals surface area (Å²) in [5.41, 5.74) is 1.11. The van der Waals surface area contributed by atoms with Crippen molar-refractivity contribution >= 4 is 23.2 Å². The Kier molecular flexibility index (Phi) is 7.28. The molecule has 5 nitrogen and oxygen atoms in total. The van der Waals surface area contributed by atoms with Gasteiger partial charge in [0, 0.05) is 17.4 Å². The number of nitrogens with zero attached hydrogens (tertiary/aromatic N) is 2. The van der Waals surface area contributed by atoms with Gasteiger partial charge >= 0.3 is 0 Å². The van der Waals surface area contributed by atoms with Crippen LogP contribution in [0.25, 0.3) is 0 Å². The number of imidazole rings is 1. The number of ether oxygens (including phenoxy) is 3. The van der Waals surface area contributed by atoms with Crippen molar-refractivity contribution in [3.05, 3.63) is 82.9 Å². The zero-order valence-corrected chi connectivity index (χ0v) is 18.0. The first kappa shape index (κ1) is 21.2. The second-order valence-electron chi connectivity index (χ2n) is 7.30. The van der Waals surface area contributed by atoms with Crippen LogP contribution in [0.5, 0.6) is 5.75 Å². The number of halogens is 2. The summed E-state index contributed by atoms with van der Waals surface area (Å²) in [5.74, 6) is 0.606. The van der Waals surface area contributed by atoms with Crippen LogP contribution in [0.15, 0.2) is 67.3 Å². The molecule has 1 saturated heterocycles. The largest absolute Gasteiger partial charge is 0.489 e. The Morgan fingerprint density at radius 2 is 2.00 bits per heavy atom. The molecule has 3 aromatic rings. The molecule has 0 spiro atoms. The van der Waals surface area contributed by atoms with Crippen molar-refractivity contribution in [2.24, 2.45) is 0 Å². The van der Waals surface area contributed by atoms with Crippen molar-refractivity contribution in [1.82, 2.24) is 9.55 Å². The highest BCUT2D eigenvalue weighted by atomic mass is 35.5. The maximum absolute atomic E-state index is 6.40. The van der Waals surface area contributed by atoms with Gasteiger partial charge in [-0.15, -0.1) is 0 Å². The lowest BCUT2D eigenvalue weighted by Gasteiger charge is -2.33. The Labute approximate surface area is 186 Å². The number of aromatic nitrogens is 2. The number of hydrogen-bond acceptors (Lipinski definition) is 4. The van der Waals surface area contributed by atoms with Crippen LogP contribution in [0.1, 0.15) is 30.9 Å². The van der Waals surface area contributed by atoms with Crippen LogP contribution in [0.3, 0.4) is 0 Å². The van der Waals surface area contributed by atoms with E-state index in [0.29, 0.717) is 28.9 Å². The molecule has 0 N–H and O–H groups in total. The van der Waals surface area contributed by atoms with Gasteiger partial charge < -0.3 is 18.8 Å². The molecule has 30 heavy (non-hydrogen) atoms. The lowest BCUT2D eigenvalue weighted by Crippen LogP contribution is -2.35. The smallest absolute Gasteiger partial charge is 0.159 e. The normalized spacial score (nSPS) is 20.1. The van der Waals surface area contributed by atoms with Gasteiger partial charge in [0.05, 0.1) is 24.0 Å². The maximum Gasteiger partial charge on any atom is 0.159 e. The molecule has 1 aliphatic rings. The highest BCUT2D eigenvalue weighted by Crippen LogP contribution is 2.30. The molecular formula is C23H24Cl2N2O3. The van der Waals surface area contributed by atoms with Gasteiger partial charge in [0.15, 0.2) is 6.29 Å². The van der Waals surface area contributed by atoms with E-state index in [9.17, 15) is 0 Å². The highest BCUT2D eigenvalue weighted by molar-refractivity contribution is 6.35. The van der Waals surface area contributed by atoms with E-state index in [4.69, 9.17) is 37.4 Å². The first-order valence-corrected chi connectivity index (χ1v) is 10.8. The third-order valence-electron chi connectivity index (χ3n) is 5.05. The minimum Gasteiger partial charge on any atom is -0.489 e. The van der Waals surface area contributed by atoms with Gasteiger partial charge in [-0.2, -0.15) is 0 Å². The van der Waals surface area contributed by atoms with Gasteiger partial charge in [0.25, 0.3) is 0 Å². The molecule has 0 amide bonds. The molecular weight excluding hydrogens is 423 g/mol. The number of benzene rings is 2. The molecule has 1 unspecified atom stereocenters. The minimum absolute atomic E-state index is 0.0554. The molecule has 0 bridgehead atoms. The summed E-state index contributed by atoms with van der Waals surface area (Å²) in [4.78, 5) is 4.13. The van der Waals surface area contributed by atoms with Crippen molar-refractivity contribution in [3.8, 4) is 5.75 Å². The predicted octanol–water partition coefficient (Wildman–Crippen LogP) is 5.92. The fourth-order valence-electron chi connectivity index (χ4n) is 3.52. The van der Waals surface area contributed by atoms with Crippen LogP contribution in [0.2, 0.25) is 10.0 Å². The predicted molar refractivity (Wildman–Crippen MR) is 117 cm³/mol. The first-order chi connectivity index (χ1) is 14.7. The van der Waals surface area contributed by atoms with E-state index in [1.807, 2.05) is 29.0 Å². The molecule has 0 saturated carbocycles. The average Bonchev–Trinajstić information content (AvgIpc) is 3.27. The monoisotopic (exact) mass is 446 g/mol. The van der Waals surface area contributed by atoms with E-state index < -0.39 is 0 Å². The summed E-state index contributed by atoms with van der Waals surface area (Å²) in [6, 6.07) is 15.4. The van der Waals surface area contributed by atoms with Gasteiger partial charge in [0.2, 0.25) is 0 Å². The molecule has 1 aliphatic heterocycles. The van der Waals surface area contributed by atoms with Crippen molar-refractivity contribution < 1.29 is 14.2 Å². The molecule has 7 heteroatoms. The summed E-state index contributed by atoms with van der Waals surface area (Å²) in [5, 5.41) is 1.08. The molecule has 3 atom stereocenters. The molecule has 2 heterocycles. The van der Waals surface area contributed by atoms with E-state index in [-0.39, 0.29) is 18.5 Å². The lowest BCUT2D eigenvalue weighted by molar-refractivity contribution is -0.223. The lowest BCUT2D eigenvalue weighted by atomic mass is 10.1. The van der Waals surface area contributed by atoms with Crippen molar-refractivity contribution in [2.75, 3.05) is 6.61 Å². The average molecular weight is 447 g/mol. The summed E-state index contributed by atoms with van der Waals surface area (Å²) in [6.07, 6.45) is 7.82. The van der Waals surface area contributed by atoms with E-state index in [1.165, 1.54) is 0 Å². The van der Waals surface area contributed by atoms with Crippen LogP contribution in [0, 0.1) is 0 Å². The molecule has 2 aromatic carbocycles. The Hall–Kier alpha value is -2.05. The Morgan fingerprint density at radius 3 is 2.77 bits per heavy atom. The van der Waals surface area contributed by atoms with E-state index in [1.54, 1.807) is 30.7 Å². The molecule has 1 aromatic heterocycles. The molecule has 0 radical (unpaired) electrons. The van der Waals surface area contributed by atoms with Gasteiger partial charge in [-0.25, -0.2) is 4.98 Å². The minimum atomic E-state index is -0.290. The summed E-state index contributed by atoms with van der Waals surface area (Å²) >= 11 is 12.1. The van der Waals surface area contributed by atoms with Crippen LogP contribution in [-0.2, 0) is 16.0 Å². The van der Waals surface area contributed by atoms with Gasteiger partial charge in [-0.1, -0.05) is 53.5 Å². The SMILES string of the molecule is Clc1ccc(OC[C@H]2CCC[C@H](OC(Cn3ccnc3)c3ccccc3)O2)c(Cl)c1. The van der Waals surface area contributed by atoms with Crippen molar-refractivity contribution in [1.29, 1.82) is 0 Å². The van der Waals surface area contributed by atoms with E-state index in [0.717, 1.165) is 24.8 Å². The highest BCUT2D eigenvalue weighted by Gasteiger charge is 2.27. The fourth-order valence-corrected chi connectivity index (χ4v) is 3.99. The maximum atomic E-state index is 6.40. The van der Waals surface area contributed by atoms with Gasteiger partial charge in [-0.3, -0.25) is 0 Å². The zero-order valence-electron chi connectivity index (χ0n) is 16.5. The van der Waals surface area contributed by atoms with Crippen LogP contribution in [0.4, 0.5) is 0 Å². The van der Waals surface area contributed by atoms with E-state index in [2.05, 4.69) is 17.1 Å². The third kappa shape index (κ3) is 5.76. The Bertz CT molecular complexity index is 921. The Morgan fingerprint density at radius 1 is 1.13 bits per heavy atom. The van der Waals surface area contributed by atoms with Crippen LogP contribution < -0.4 is 4.74 Å². The van der Waals surface area contributed by atoms with Crippen molar-refractivity contribution in [3.63, 3.8) is 0 Å². The van der Waals surface area contributed by atoms with Crippen LogP contribution >= 0.6 is 23.2 Å². The molecule has 0 aliphatic carbocycles. The molecule has 158 valence electrons. The fraction of sp³-hybridized carbons (Fsp3) is 0.348. The quantitative estimate of drug-likeness (QED) is 0.430. The van der Waals surface area contributed by atoms with Gasteiger partial charge in [-0.05, 0) is 43.0 Å². The number of hydrogen-bond donors (Lipinski definition) is 0. The van der Waals surface area contributed by atoms with Crippen LogP contribution in [-0.4, -0.2) is 28.6 Å². The number of rotatable bonds is 8. The molecule has 4 rings (SSSR count). The second-order valence-corrected chi connectivity index (χ2v) is 8.14. The second kappa shape index (κ2) is 10.3. The zero-order chi connectivity index (χ0) is 20.8. The first-order valence-electron chi connectivity index (χ1n) is 10.1. The molecule has 1 fully saturated rings. The third-order valence-corrected chi connectivity index (χ3v) is 5.58. The van der Waals surface area contributed by atoms with E-state index >= 15 is 0 Å². The summed E-state index contributed by atoms with van der Waals surface area (Å²) in [7, 11) is 0. The Balaban J connectivity index is 1.37. The topological polar surface area (TPSA) is 45.5 Å². The van der Waals surface area contributed by atoms with Crippen molar-refractivity contribution in [2.45, 2.75) is 44.3 Å². The standard InChI is InChI=1S/C23H24Cl2N2O3/c24-18-9-10-21(20(25)13-18)28-15-19-7-4-8-23(29-19)30-22(14-27-12-11-26-16-27)17-5-2-1-3-6-17/h1-3,5-6,9-13,16,19,22-23H,4,7-8,14-15H2/t19-,22?,23+/m1/s1.